The van der Waals surface area contributed by atoms with Crippen molar-refractivity contribution >= 4 is 11.8 Å². The van der Waals surface area contributed by atoms with Gasteiger partial charge in [0.25, 0.3) is 0 Å². The monoisotopic (exact) mass is 238 g/mol. The first kappa shape index (κ1) is 12.7. The lowest BCUT2D eigenvalue weighted by Crippen LogP contribution is -2.39. The summed E-state index contributed by atoms with van der Waals surface area (Å²) in [4.78, 5) is 0. The van der Waals surface area contributed by atoms with Gasteiger partial charge in [-0.2, -0.15) is 30.2 Å². The standard InChI is InChI=1S/C9H13F3N2S/c10-9(11,12)7(5-13)6-14-8-1-3-15-4-2-8/h7-8,14H,1-4,6H2. The summed E-state index contributed by atoms with van der Waals surface area (Å²) in [5, 5.41) is 11.2. The summed E-state index contributed by atoms with van der Waals surface area (Å²) in [5.41, 5.74) is 0. The van der Waals surface area contributed by atoms with E-state index in [0.29, 0.717) is 0 Å². The third-order valence-electron chi connectivity index (χ3n) is 2.38. The molecule has 0 aliphatic carbocycles. The molecule has 1 saturated heterocycles. The van der Waals surface area contributed by atoms with Crippen LogP contribution >= 0.6 is 11.8 Å². The van der Waals surface area contributed by atoms with Crippen molar-refractivity contribution in [2.24, 2.45) is 5.92 Å². The molecule has 1 rings (SSSR count). The van der Waals surface area contributed by atoms with Crippen LogP contribution in [0.3, 0.4) is 0 Å². The molecule has 0 saturated carbocycles. The van der Waals surface area contributed by atoms with Gasteiger partial charge in [-0.05, 0) is 24.3 Å². The molecule has 1 heterocycles. The van der Waals surface area contributed by atoms with Crippen LogP contribution in [0.1, 0.15) is 12.8 Å². The van der Waals surface area contributed by atoms with Crippen molar-refractivity contribution in [2.75, 3.05) is 18.1 Å². The van der Waals surface area contributed by atoms with Crippen molar-refractivity contribution in [1.29, 1.82) is 5.26 Å². The Labute approximate surface area is 91.2 Å². The summed E-state index contributed by atoms with van der Waals surface area (Å²) in [6.45, 7) is -0.282. The van der Waals surface area contributed by atoms with Gasteiger partial charge >= 0.3 is 6.18 Å². The van der Waals surface area contributed by atoms with Crippen LogP contribution < -0.4 is 5.32 Å². The van der Waals surface area contributed by atoms with Crippen LogP contribution in [0.25, 0.3) is 0 Å². The fourth-order valence-corrected chi connectivity index (χ4v) is 2.53. The molecule has 15 heavy (non-hydrogen) atoms. The molecular formula is C9H13F3N2S. The van der Waals surface area contributed by atoms with E-state index >= 15 is 0 Å². The predicted molar refractivity (Wildman–Crippen MR) is 53.5 cm³/mol. The number of halogens is 3. The van der Waals surface area contributed by atoms with E-state index in [9.17, 15) is 13.2 Å². The largest absolute Gasteiger partial charge is 0.405 e. The van der Waals surface area contributed by atoms with Gasteiger partial charge in [0.15, 0.2) is 5.92 Å². The van der Waals surface area contributed by atoms with Crippen molar-refractivity contribution in [3.8, 4) is 6.07 Å². The minimum Gasteiger partial charge on any atom is -0.312 e. The van der Waals surface area contributed by atoms with Crippen LogP contribution in [0, 0.1) is 17.2 Å². The fourth-order valence-electron chi connectivity index (χ4n) is 1.42. The zero-order chi connectivity index (χ0) is 11.3. The number of rotatable bonds is 3. The molecule has 0 aromatic rings. The van der Waals surface area contributed by atoms with Crippen LogP contribution in [-0.2, 0) is 0 Å². The first-order chi connectivity index (χ1) is 7.04. The molecule has 1 aliphatic heterocycles. The molecule has 1 fully saturated rings. The van der Waals surface area contributed by atoms with Crippen LogP contribution in [-0.4, -0.2) is 30.3 Å². The summed E-state index contributed by atoms with van der Waals surface area (Å²) in [7, 11) is 0. The average molecular weight is 238 g/mol. The molecule has 0 amide bonds. The van der Waals surface area contributed by atoms with Crippen LogP contribution in [0.15, 0.2) is 0 Å². The molecule has 0 aromatic heterocycles. The normalized spacial score (nSPS) is 20.9. The number of alkyl halides is 3. The highest BCUT2D eigenvalue weighted by atomic mass is 32.2. The molecule has 0 radical (unpaired) electrons. The first-order valence-corrected chi connectivity index (χ1v) is 5.97. The smallest absolute Gasteiger partial charge is 0.312 e. The van der Waals surface area contributed by atoms with E-state index in [1.807, 2.05) is 11.8 Å². The van der Waals surface area contributed by atoms with E-state index in [1.165, 1.54) is 6.07 Å². The maximum atomic E-state index is 12.2. The number of nitriles is 1. The number of thioether (sulfide) groups is 1. The van der Waals surface area contributed by atoms with Gasteiger partial charge in [0.2, 0.25) is 0 Å². The lowest BCUT2D eigenvalue weighted by atomic mass is 10.1. The highest BCUT2D eigenvalue weighted by Gasteiger charge is 2.39. The second-order valence-electron chi connectivity index (χ2n) is 3.52. The van der Waals surface area contributed by atoms with Gasteiger partial charge in [0.1, 0.15) is 0 Å². The van der Waals surface area contributed by atoms with Crippen LogP contribution in [0.5, 0.6) is 0 Å². The highest BCUT2D eigenvalue weighted by Crippen LogP contribution is 2.25. The Bertz CT molecular complexity index is 230. The molecule has 2 nitrogen and oxygen atoms in total. The topological polar surface area (TPSA) is 35.8 Å². The van der Waals surface area contributed by atoms with E-state index in [4.69, 9.17) is 5.26 Å². The number of hydrogen-bond acceptors (Lipinski definition) is 3. The second-order valence-corrected chi connectivity index (χ2v) is 4.74. The summed E-state index contributed by atoms with van der Waals surface area (Å²) < 4.78 is 36.6. The van der Waals surface area contributed by atoms with Crippen molar-refractivity contribution in [2.45, 2.75) is 25.1 Å². The quantitative estimate of drug-likeness (QED) is 0.818. The summed E-state index contributed by atoms with van der Waals surface area (Å²) in [5.74, 6) is 0.0917. The molecule has 6 heteroatoms. The summed E-state index contributed by atoms with van der Waals surface area (Å²) in [6.07, 6.45) is -2.63. The van der Waals surface area contributed by atoms with Crippen molar-refractivity contribution in [3.05, 3.63) is 0 Å². The van der Waals surface area contributed by atoms with E-state index < -0.39 is 12.1 Å². The van der Waals surface area contributed by atoms with Gasteiger partial charge in [0, 0.05) is 12.6 Å². The lowest BCUT2D eigenvalue weighted by Gasteiger charge is -2.24. The lowest BCUT2D eigenvalue weighted by molar-refractivity contribution is -0.158. The predicted octanol–water partition coefficient (Wildman–Crippen LogP) is 2.17. The Morgan fingerprint density at radius 3 is 2.47 bits per heavy atom. The minimum atomic E-state index is -4.41. The van der Waals surface area contributed by atoms with E-state index in [2.05, 4.69) is 5.32 Å². The summed E-state index contributed by atoms with van der Waals surface area (Å²) >= 11 is 1.82. The Morgan fingerprint density at radius 1 is 1.40 bits per heavy atom. The summed E-state index contributed by atoms with van der Waals surface area (Å²) in [6, 6.07) is 1.43. The third-order valence-corrected chi connectivity index (χ3v) is 3.43. The fraction of sp³-hybridized carbons (Fsp3) is 0.889. The molecular weight excluding hydrogens is 225 g/mol. The molecule has 1 unspecified atom stereocenters. The highest BCUT2D eigenvalue weighted by molar-refractivity contribution is 7.99. The Kier molecular flexibility index (Phi) is 4.74. The van der Waals surface area contributed by atoms with E-state index in [1.54, 1.807) is 0 Å². The SMILES string of the molecule is N#CC(CNC1CCSCC1)C(F)(F)F. The van der Waals surface area contributed by atoms with Crippen LogP contribution in [0.4, 0.5) is 13.2 Å². The van der Waals surface area contributed by atoms with Gasteiger partial charge in [-0.25, -0.2) is 0 Å². The maximum absolute atomic E-state index is 12.2. The van der Waals surface area contributed by atoms with Gasteiger partial charge in [0.05, 0.1) is 6.07 Å². The second kappa shape index (κ2) is 5.61. The van der Waals surface area contributed by atoms with E-state index in [0.717, 1.165) is 24.3 Å². The van der Waals surface area contributed by atoms with Gasteiger partial charge in [-0.15, -0.1) is 0 Å². The number of hydrogen-bond donors (Lipinski definition) is 1. The molecule has 0 spiro atoms. The molecule has 1 aliphatic rings. The van der Waals surface area contributed by atoms with Gasteiger partial charge < -0.3 is 5.32 Å². The molecule has 0 aromatic carbocycles. The van der Waals surface area contributed by atoms with Gasteiger partial charge in [-0.1, -0.05) is 0 Å². The average Bonchev–Trinajstić information content (AvgIpc) is 2.18. The molecule has 86 valence electrons. The minimum absolute atomic E-state index is 0.143. The third kappa shape index (κ3) is 4.31. The zero-order valence-corrected chi connectivity index (χ0v) is 9.00. The maximum Gasteiger partial charge on any atom is 0.405 e. The molecule has 1 N–H and O–H groups in total. The van der Waals surface area contributed by atoms with Gasteiger partial charge in [-0.3, -0.25) is 0 Å². The Balaban J connectivity index is 2.31. The van der Waals surface area contributed by atoms with Crippen molar-refractivity contribution in [3.63, 3.8) is 0 Å². The zero-order valence-electron chi connectivity index (χ0n) is 8.18. The van der Waals surface area contributed by atoms with Crippen LogP contribution in [0.2, 0.25) is 0 Å². The van der Waals surface area contributed by atoms with E-state index in [-0.39, 0.29) is 12.6 Å². The van der Waals surface area contributed by atoms with Crippen molar-refractivity contribution in [1.82, 2.24) is 5.32 Å². The molecule has 1 atom stereocenters. The number of nitrogens with zero attached hydrogens (tertiary/aromatic N) is 1. The number of nitrogens with one attached hydrogen (secondary N) is 1. The molecule has 0 bridgehead atoms. The Morgan fingerprint density at radius 2 is 2.00 bits per heavy atom. The van der Waals surface area contributed by atoms with Crippen molar-refractivity contribution < 1.29 is 13.2 Å². The Hall–Kier alpha value is -0.410. The first-order valence-electron chi connectivity index (χ1n) is 4.81.